The quantitative estimate of drug-likeness (QED) is 0.818. The molecule has 2 amide bonds. The van der Waals surface area contributed by atoms with E-state index in [9.17, 15) is 9.59 Å². The Balaban J connectivity index is 1.52. The van der Waals surface area contributed by atoms with E-state index < -0.39 is 0 Å². The van der Waals surface area contributed by atoms with Crippen molar-refractivity contribution in [2.75, 3.05) is 37.7 Å². The number of amides is 2. The monoisotopic (exact) mass is 357 g/mol. The molecule has 1 fully saturated rings. The van der Waals surface area contributed by atoms with Crippen LogP contribution in [0.4, 0.5) is 5.69 Å². The first kappa shape index (κ1) is 18.0. The number of aryl methyl sites for hydroxylation is 1. The lowest BCUT2D eigenvalue weighted by Gasteiger charge is -2.30. The SMILES string of the molecule is Cc1occc1C(=O)NCC(=O)NCc1ccccc1N1CCOCC1. The highest BCUT2D eigenvalue weighted by molar-refractivity contribution is 5.97. The number of hydrogen-bond donors (Lipinski definition) is 2. The van der Waals surface area contributed by atoms with Gasteiger partial charge in [-0.05, 0) is 24.6 Å². The first-order chi connectivity index (χ1) is 12.6. The van der Waals surface area contributed by atoms with Crippen LogP contribution < -0.4 is 15.5 Å². The van der Waals surface area contributed by atoms with Crippen LogP contribution in [-0.2, 0) is 16.1 Å². The van der Waals surface area contributed by atoms with Crippen LogP contribution in [0.15, 0.2) is 41.0 Å². The summed E-state index contributed by atoms with van der Waals surface area (Å²) < 4.78 is 10.5. The molecular weight excluding hydrogens is 334 g/mol. The largest absolute Gasteiger partial charge is 0.469 e. The lowest BCUT2D eigenvalue weighted by Crippen LogP contribution is -2.38. The summed E-state index contributed by atoms with van der Waals surface area (Å²) in [7, 11) is 0. The number of carbonyl (C=O) groups excluding carboxylic acids is 2. The van der Waals surface area contributed by atoms with Gasteiger partial charge in [-0.25, -0.2) is 0 Å². The predicted octanol–water partition coefficient (Wildman–Crippen LogP) is 1.47. The molecule has 3 rings (SSSR count). The van der Waals surface area contributed by atoms with Crippen LogP contribution in [0.3, 0.4) is 0 Å². The van der Waals surface area contributed by atoms with Crippen molar-refractivity contribution in [1.29, 1.82) is 0 Å². The highest BCUT2D eigenvalue weighted by atomic mass is 16.5. The van der Waals surface area contributed by atoms with Gasteiger partial charge in [-0.15, -0.1) is 0 Å². The Morgan fingerprint density at radius 2 is 1.88 bits per heavy atom. The number of ether oxygens (including phenoxy) is 1. The summed E-state index contributed by atoms with van der Waals surface area (Å²) in [6.45, 7) is 5.13. The molecular formula is C19H23N3O4. The zero-order chi connectivity index (χ0) is 18.4. The van der Waals surface area contributed by atoms with Gasteiger partial charge in [0.05, 0.1) is 31.6 Å². The molecule has 1 saturated heterocycles. The average molecular weight is 357 g/mol. The minimum Gasteiger partial charge on any atom is -0.469 e. The first-order valence-corrected chi connectivity index (χ1v) is 8.65. The van der Waals surface area contributed by atoms with E-state index in [1.54, 1.807) is 13.0 Å². The van der Waals surface area contributed by atoms with Crippen LogP contribution >= 0.6 is 0 Å². The lowest BCUT2D eigenvalue weighted by atomic mass is 10.1. The van der Waals surface area contributed by atoms with E-state index in [1.165, 1.54) is 6.26 Å². The van der Waals surface area contributed by atoms with Crippen LogP contribution in [0.2, 0.25) is 0 Å². The molecule has 1 aliphatic rings. The van der Waals surface area contributed by atoms with Crippen LogP contribution in [0.25, 0.3) is 0 Å². The number of hydrogen-bond acceptors (Lipinski definition) is 5. The number of rotatable bonds is 6. The predicted molar refractivity (Wildman–Crippen MR) is 97.1 cm³/mol. The zero-order valence-corrected chi connectivity index (χ0v) is 14.8. The van der Waals surface area contributed by atoms with Gasteiger partial charge in [0.1, 0.15) is 5.76 Å². The fourth-order valence-electron chi connectivity index (χ4n) is 2.91. The number of anilines is 1. The van der Waals surface area contributed by atoms with Crippen molar-refractivity contribution in [3.63, 3.8) is 0 Å². The Morgan fingerprint density at radius 3 is 2.62 bits per heavy atom. The summed E-state index contributed by atoms with van der Waals surface area (Å²) in [6.07, 6.45) is 1.45. The van der Waals surface area contributed by atoms with Crippen molar-refractivity contribution < 1.29 is 18.7 Å². The third-order valence-corrected chi connectivity index (χ3v) is 4.33. The zero-order valence-electron chi connectivity index (χ0n) is 14.8. The van der Waals surface area contributed by atoms with Gasteiger partial charge in [-0.1, -0.05) is 18.2 Å². The van der Waals surface area contributed by atoms with E-state index in [4.69, 9.17) is 9.15 Å². The molecule has 7 heteroatoms. The van der Waals surface area contributed by atoms with E-state index in [2.05, 4.69) is 21.6 Å². The van der Waals surface area contributed by atoms with Gasteiger partial charge in [0.25, 0.3) is 5.91 Å². The molecule has 2 N–H and O–H groups in total. The summed E-state index contributed by atoms with van der Waals surface area (Å²) in [6, 6.07) is 9.58. The number of para-hydroxylation sites is 1. The smallest absolute Gasteiger partial charge is 0.255 e. The van der Waals surface area contributed by atoms with E-state index in [1.807, 2.05) is 18.2 Å². The maximum atomic E-state index is 12.1. The molecule has 7 nitrogen and oxygen atoms in total. The molecule has 1 aromatic carbocycles. The van der Waals surface area contributed by atoms with Crippen molar-refractivity contribution >= 4 is 17.5 Å². The third-order valence-electron chi connectivity index (χ3n) is 4.33. The second-order valence-corrected chi connectivity index (χ2v) is 6.08. The van der Waals surface area contributed by atoms with Crippen molar-refractivity contribution in [3.05, 3.63) is 53.5 Å². The molecule has 0 radical (unpaired) electrons. The average Bonchev–Trinajstić information content (AvgIpc) is 3.11. The highest BCUT2D eigenvalue weighted by Gasteiger charge is 2.15. The Bertz CT molecular complexity index is 766. The number of furan rings is 1. The maximum absolute atomic E-state index is 12.1. The molecule has 1 aliphatic heterocycles. The Hall–Kier alpha value is -2.80. The molecule has 138 valence electrons. The van der Waals surface area contributed by atoms with Crippen molar-refractivity contribution in [2.24, 2.45) is 0 Å². The van der Waals surface area contributed by atoms with Gasteiger partial charge in [0.15, 0.2) is 0 Å². The van der Waals surface area contributed by atoms with Crippen LogP contribution in [0.1, 0.15) is 21.7 Å². The van der Waals surface area contributed by atoms with E-state index >= 15 is 0 Å². The molecule has 0 saturated carbocycles. The van der Waals surface area contributed by atoms with Crippen molar-refractivity contribution in [1.82, 2.24) is 10.6 Å². The topological polar surface area (TPSA) is 83.8 Å². The van der Waals surface area contributed by atoms with Gasteiger partial charge < -0.3 is 24.7 Å². The van der Waals surface area contributed by atoms with Crippen LogP contribution in [-0.4, -0.2) is 44.7 Å². The maximum Gasteiger partial charge on any atom is 0.255 e. The molecule has 1 aromatic heterocycles. The van der Waals surface area contributed by atoms with Gasteiger partial charge >= 0.3 is 0 Å². The van der Waals surface area contributed by atoms with Gasteiger partial charge in [0.2, 0.25) is 5.91 Å². The number of nitrogens with zero attached hydrogens (tertiary/aromatic N) is 1. The molecule has 0 atom stereocenters. The minimum absolute atomic E-state index is 0.0802. The molecule has 2 heterocycles. The molecule has 26 heavy (non-hydrogen) atoms. The fraction of sp³-hybridized carbons (Fsp3) is 0.368. The number of morpholine rings is 1. The summed E-state index contributed by atoms with van der Waals surface area (Å²) in [5.41, 5.74) is 2.59. The molecule has 0 unspecified atom stereocenters. The Labute approximate surface area is 152 Å². The summed E-state index contributed by atoms with van der Waals surface area (Å²) in [4.78, 5) is 26.3. The number of nitrogens with one attached hydrogen (secondary N) is 2. The molecule has 0 bridgehead atoms. The highest BCUT2D eigenvalue weighted by Crippen LogP contribution is 2.21. The summed E-state index contributed by atoms with van der Waals surface area (Å²) in [5.74, 6) is -0.0289. The standard InChI is InChI=1S/C19H23N3O4/c1-14-16(6-9-26-14)19(24)21-13-18(23)20-12-15-4-2-3-5-17(15)22-7-10-25-11-8-22/h2-6,9H,7-8,10-13H2,1H3,(H,20,23)(H,21,24). The summed E-state index contributed by atoms with van der Waals surface area (Å²) >= 11 is 0. The molecule has 0 aliphatic carbocycles. The normalized spacial score (nSPS) is 14.1. The van der Waals surface area contributed by atoms with E-state index in [-0.39, 0.29) is 18.4 Å². The second-order valence-electron chi connectivity index (χ2n) is 6.08. The van der Waals surface area contributed by atoms with Crippen LogP contribution in [0, 0.1) is 6.92 Å². The van der Waals surface area contributed by atoms with Crippen molar-refractivity contribution in [3.8, 4) is 0 Å². The van der Waals surface area contributed by atoms with E-state index in [0.717, 1.165) is 24.3 Å². The van der Waals surface area contributed by atoms with Crippen LogP contribution in [0.5, 0.6) is 0 Å². The van der Waals surface area contributed by atoms with Gasteiger partial charge in [-0.2, -0.15) is 0 Å². The Morgan fingerprint density at radius 1 is 1.12 bits per heavy atom. The number of carbonyl (C=O) groups is 2. The van der Waals surface area contributed by atoms with E-state index in [0.29, 0.717) is 31.1 Å². The van der Waals surface area contributed by atoms with Crippen molar-refractivity contribution in [2.45, 2.75) is 13.5 Å². The molecule has 2 aromatic rings. The number of benzene rings is 1. The lowest BCUT2D eigenvalue weighted by molar-refractivity contribution is -0.120. The minimum atomic E-state index is -0.319. The van der Waals surface area contributed by atoms with Gasteiger partial charge in [-0.3, -0.25) is 9.59 Å². The fourth-order valence-corrected chi connectivity index (χ4v) is 2.91. The second kappa shape index (κ2) is 8.53. The summed E-state index contributed by atoms with van der Waals surface area (Å²) in [5, 5.41) is 5.46. The van der Waals surface area contributed by atoms with Gasteiger partial charge in [0, 0.05) is 25.3 Å². The molecule has 0 spiro atoms. The third kappa shape index (κ3) is 4.43. The first-order valence-electron chi connectivity index (χ1n) is 8.65. The Kier molecular flexibility index (Phi) is 5.91.